The summed E-state index contributed by atoms with van der Waals surface area (Å²) in [7, 11) is -1.81. The Morgan fingerprint density at radius 3 is 2.46 bits per heavy atom. The molecule has 0 aromatic carbocycles. The summed E-state index contributed by atoms with van der Waals surface area (Å²) in [4.78, 5) is 0. The van der Waals surface area contributed by atoms with Crippen LogP contribution >= 0.6 is 0 Å². The van der Waals surface area contributed by atoms with Gasteiger partial charge in [-0.15, -0.1) is 0 Å². The normalized spacial score (nSPS) is 49.8. The molecule has 0 radical (unpaired) electrons. The zero-order valence-corrected chi connectivity index (χ0v) is 18.3. The molecule has 0 amide bonds. The van der Waals surface area contributed by atoms with Gasteiger partial charge in [0.1, 0.15) is 0 Å². The molecule has 4 aliphatic carbocycles. The van der Waals surface area contributed by atoms with E-state index in [4.69, 9.17) is 4.43 Å². The highest BCUT2D eigenvalue weighted by Gasteiger charge is 2.62. The first kappa shape index (κ1) is 19.4. The van der Waals surface area contributed by atoms with Gasteiger partial charge in [-0.25, -0.2) is 0 Å². The maximum absolute atomic E-state index is 11.5. The predicted octanol–water partition coefficient (Wildman–Crippen LogP) is 4.93. The van der Waals surface area contributed by atoms with Crippen molar-refractivity contribution in [2.75, 3.05) is 0 Å². The Bertz CT molecular complexity index is 532. The van der Waals surface area contributed by atoms with Gasteiger partial charge in [0.25, 0.3) is 0 Å². The number of hydrogen-bond donors (Lipinski definition) is 2. The van der Waals surface area contributed by atoms with Crippen LogP contribution in [0.3, 0.4) is 0 Å². The lowest BCUT2D eigenvalue weighted by Crippen LogP contribution is -2.61. The Kier molecular flexibility index (Phi) is 4.91. The molecular weight excluding hydrogens is 340 g/mol. The van der Waals surface area contributed by atoms with Gasteiger partial charge in [0.2, 0.25) is 0 Å². The third-order valence-corrected chi connectivity index (χ3v) is 9.84. The average molecular weight is 381 g/mol. The molecule has 2 N–H and O–H groups in total. The number of aliphatic hydroxyl groups is 2. The summed E-state index contributed by atoms with van der Waals surface area (Å²) in [6, 6.07) is 0. The van der Waals surface area contributed by atoms with Gasteiger partial charge < -0.3 is 14.6 Å². The van der Waals surface area contributed by atoms with E-state index < -0.39 is 14.6 Å². The number of rotatable bonds is 3. The zero-order chi connectivity index (χ0) is 18.7. The molecule has 150 valence electrons. The minimum atomic E-state index is -1.81. The lowest BCUT2D eigenvalue weighted by atomic mass is 9.44. The second-order valence-corrected chi connectivity index (χ2v) is 15.8. The van der Waals surface area contributed by atoms with Gasteiger partial charge in [-0.2, -0.15) is 0 Å². The van der Waals surface area contributed by atoms with Gasteiger partial charge >= 0.3 is 0 Å². The number of fused-ring (bicyclic) bond motifs is 5. The van der Waals surface area contributed by atoms with Gasteiger partial charge in [-0.05, 0) is 107 Å². The molecule has 4 heteroatoms. The summed E-state index contributed by atoms with van der Waals surface area (Å²) >= 11 is 0. The summed E-state index contributed by atoms with van der Waals surface area (Å²) in [6.45, 7) is 9.11. The first-order chi connectivity index (χ1) is 12.2. The molecule has 4 aliphatic rings. The van der Waals surface area contributed by atoms with Gasteiger partial charge in [-0.1, -0.05) is 13.3 Å². The first-order valence-corrected chi connectivity index (χ1v) is 14.6. The van der Waals surface area contributed by atoms with E-state index in [9.17, 15) is 10.2 Å². The molecule has 4 rings (SSSR count). The lowest BCUT2D eigenvalue weighted by Gasteiger charge is -2.62. The molecule has 3 nitrogen and oxygen atoms in total. The Hall–Kier alpha value is 0.0969. The molecule has 0 bridgehead atoms. The topological polar surface area (TPSA) is 49.7 Å². The Labute approximate surface area is 161 Å². The Morgan fingerprint density at radius 1 is 0.962 bits per heavy atom. The fraction of sp³-hybridized carbons (Fsp3) is 1.00. The molecular formula is C22H40O3Si. The zero-order valence-electron chi connectivity index (χ0n) is 17.3. The Morgan fingerprint density at radius 2 is 1.73 bits per heavy atom. The average Bonchev–Trinajstić information content (AvgIpc) is 2.94. The molecule has 26 heavy (non-hydrogen) atoms. The molecule has 0 heterocycles. The van der Waals surface area contributed by atoms with Crippen molar-refractivity contribution in [1.29, 1.82) is 0 Å². The van der Waals surface area contributed by atoms with Crippen LogP contribution in [0.5, 0.6) is 0 Å². The summed E-state index contributed by atoms with van der Waals surface area (Å²) < 4.78 is 6.37. The van der Waals surface area contributed by atoms with Crippen molar-refractivity contribution in [1.82, 2.24) is 0 Å². The summed E-state index contributed by atoms with van der Waals surface area (Å²) in [5.41, 5.74) is 0.445. The fourth-order valence-corrected chi connectivity index (χ4v) is 8.75. The van der Waals surface area contributed by atoms with Crippen LogP contribution in [0.4, 0.5) is 0 Å². The van der Waals surface area contributed by atoms with Gasteiger partial charge in [0, 0.05) is 5.41 Å². The van der Waals surface area contributed by atoms with E-state index in [0.717, 1.165) is 31.1 Å². The largest absolute Gasteiger partial charge is 0.393 e. The smallest absolute Gasteiger partial charge is 0.187 e. The second-order valence-electron chi connectivity index (χ2n) is 11.4. The van der Waals surface area contributed by atoms with Crippen molar-refractivity contribution < 1.29 is 14.6 Å². The maximum atomic E-state index is 11.5. The molecule has 0 aliphatic heterocycles. The van der Waals surface area contributed by atoms with Crippen molar-refractivity contribution in [3.63, 3.8) is 0 Å². The van der Waals surface area contributed by atoms with E-state index in [1.54, 1.807) is 0 Å². The van der Waals surface area contributed by atoms with Crippen molar-refractivity contribution in [2.24, 2.45) is 34.5 Å². The van der Waals surface area contributed by atoms with Crippen LogP contribution in [0.15, 0.2) is 0 Å². The first-order valence-electron chi connectivity index (χ1n) is 11.2. The molecule has 0 saturated heterocycles. The summed E-state index contributed by atoms with van der Waals surface area (Å²) in [5.74, 6) is 2.65. The minimum Gasteiger partial charge on any atom is -0.393 e. The summed E-state index contributed by atoms with van der Waals surface area (Å²) in [5, 5.41) is 21.8. The summed E-state index contributed by atoms with van der Waals surface area (Å²) in [6.07, 6.45) is 11.1. The minimum absolute atomic E-state index is 0.105. The van der Waals surface area contributed by atoms with E-state index in [2.05, 4.69) is 26.6 Å². The van der Waals surface area contributed by atoms with Crippen LogP contribution < -0.4 is 0 Å². The van der Waals surface area contributed by atoms with E-state index in [1.165, 1.54) is 44.9 Å². The van der Waals surface area contributed by atoms with E-state index in [0.29, 0.717) is 17.3 Å². The lowest BCUT2D eigenvalue weighted by molar-refractivity contribution is -0.236. The maximum Gasteiger partial charge on any atom is 0.187 e. The SMILES string of the molecule is C[C@@]12CCC[C@H]1[C@@H]1CCC3CC(O)CC[C@]3(C(O)O[Si](C)(C)C)[C@@H]1CC2. The molecule has 0 spiro atoms. The standard InChI is InChI=1S/C22H40O3Si/c1-21-11-5-6-18(21)17-8-7-15-14-16(23)9-13-22(15,19(17)10-12-21)20(24)25-26(2,3)4/h15-20,23-24H,5-14H2,1-4H3/t15?,16?,17-,18-,19+,20?,21-,22+/m0/s1. The van der Waals surface area contributed by atoms with E-state index >= 15 is 0 Å². The Balaban J connectivity index is 1.68. The molecule has 8 atom stereocenters. The van der Waals surface area contributed by atoms with Gasteiger partial charge in [0.15, 0.2) is 14.6 Å². The fourth-order valence-electron chi connectivity index (χ4n) is 7.86. The highest BCUT2D eigenvalue weighted by Crippen LogP contribution is 2.67. The molecule has 0 aromatic heterocycles. The van der Waals surface area contributed by atoms with Crippen LogP contribution in [-0.2, 0) is 4.43 Å². The van der Waals surface area contributed by atoms with E-state index in [1.807, 2.05) is 0 Å². The number of aliphatic hydroxyl groups excluding tert-OH is 2. The van der Waals surface area contributed by atoms with Crippen molar-refractivity contribution in [3.05, 3.63) is 0 Å². The van der Waals surface area contributed by atoms with Crippen molar-refractivity contribution >= 4 is 8.32 Å². The highest BCUT2D eigenvalue weighted by molar-refractivity contribution is 6.69. The molecule has 4 fully saturated rings. The van der Waals surface area contributed by atoms with Crippen molar-refractivity contribution in [2.45, 2.75) is 103 Å². The van der Waals surface area contributed by atoms with Gasteiger partial charge in [-0.3, -0.25) is 0 Å². The predicted molar refractivity (Wildman–Crippen MR) is 107 cm³/mol. The van der Waals surface area contributed by atoms with Crippen molar-refractivity contribution in [3.8, 4) is 0 Å². The molecule has 4 saturated carbocycles. The van der Waals surface area contributed by atoms with Crippen LogP contribution in [0, 0.1) is 34.5 Å². The second kappa shape index (κ2) is 6.57. The van der Waals surface area contributed by atoms with Gasteiger partial charge in [0.05, 0.1) is 6.10 Å². The van der Waals surface area contributed by atoms with Crippen LogP contribution in [0.1, 0.15) is 71.1 Å². The van der Waals surface area contributed by atoms with Crippen LogP contribution in [-0.4, -0.2) is 30.9 Å². The van der Waals surface area contributed by atoms with E-state index in [-0.39, 0.29) is 11.5 Å². The quantitative estimate of drug-likeness (QED) is 0.539. The number of hydrogen-bond acceptors (Lipinski definition) is 3. The third kappa shape index (κ3) is 3.03. The molecule has 0 aromatic rings. The molecule has 3 unspecified atom stereocenters. The highest BCUT2D eigenvalue weighted by atomic mass is 28.4. The van der Waals surface area contributed by atoms with Crippen LogP contribution in [0.25, 0.3) is 0 Å². The van der Waals surface area contributed by atoms with Crippen LogP contribution in [0.2, 0.25) is 19.6 Å². The monoisotopic (exact) mass is 380 g/mol. The third-order valence-electron chi connectivity index (χ3n) is 8.91.